The number of nitrogens with zero attached hydrogens (tertiary/aromatic N) is 3. The van der Waals surface area contributed by atoms with E-state index in [1.54, 1.807) is 6.08 Å². The first kappa shape index (κ1) is 21.5. The fourth-order valence-corrected chi connectivity index (χ4v) is 3.47. The molecule has 1 amide bonds. The zero-order chi connectivity index (χ0) is 18.7. The van der Waals surface area contributed by atoms with Gasteiger partial charge in [-0.15, -0.1) is 12.4 Å². The van der Waals surface area contributed by atoms with Crippen LogP contribution in [0.15, 0.2) is 30.3 Å². The van der Waals surface area contributed by atoms with Gasteiger partial charge in [0, 0.05) is 41.5 Å². The fraction of sp³-hybridized carbons (Fsp3) is 0.400. The highest BCUT2D eigenvalue weighted by Gasteiger charge is 2.19. The molecular formula is C20H26Cl2N4O. The molecule has 0 unspecified atom stereocenters. The Hall–Kier alpha value is -1.82. The summed E-state index contributed by atoms with van der Waals surface area (Å²) in [6, 6.07) is 7.98. The second-order valence-electron chi connectivity index (χ2n) is 6.83. The monoisotopic (exact) mass is 408 g/mol. The molecule has 0 spiro atoms. The summed E-state index contributed by atoms with van der Waals surface area (Å²) < 4.78 is 1.93. The number of likely N-dealkylation sites (tertiary alicyclic amines) is 1. The lowest BCUT2D eigenvalue weighted by Crippen LogP contribution is -2.42. The van der Waals surface area contributed by atoms with Crippen LogP contribution in [-0.4, -0.2) is 39.7 Å². The van der Waals surface area contributed by atoms with E-state index in [0.29, 0.717) is 6.54 Å². The number of benzene rings is 1. The van der Waals surface area contributed by atoms with Gasteiger partial charge in [0.1, 0.15) is 0 Å². The number of carbonyl (C=O) groups is 1. The average Bonchev–Trinajstić information content (AvgIpc) is 2.89. The summed E-state index contributed by atoms with van der Waals surface area (Å²) in [4.78, 5) is 14.3. The Labute approximate surface area is 171 Å². The molecule has 0 bridgehead atoms. The summed E-state index contributed by atoms with van der Waals surface area (Å²) >= 11 is 6.26. The van der Waals surface area contributed by atoms with Crippen LogP contribution in [0.4, 0.5) is 0 Å². The number of rotatable bonds is 4. The molecule has 7 heteroatoms. The molecular weight excluding hydrogens is 383 g/mol. The van der Waals surface area contributed by atoms with Gasteiger partial charge >= 0.3 is 0 Å². The van der Waals surface area contributed by atoms with Crippen molar-refractivity contribution >= 4 is 36.0 Å². The number of nitrogens with two attached hydrogens (primary N) is 1. The zero-order valence-electron chi connectivity index (χ0n) is 15.7. The van der Waals surface area contributed by atoms with E-state index < -0.39 is 0 Å². The molecule has 1 aliphatic rings. The molecule has 146 valence electrons. The first-order chi connectivity index (χ1) is 12.5. The Morgan fingerprint density at radius 2 is 1.96 bits per heavy atom. The highest BCUT2D eigenvalue weighted by Crippen LogP contribution is 2.20. The number of amides is 1. The molecule has 0 saturated carbocycles. The molecule has 1 aromatic carbocycles. The molecule has 1 saturated heterocycles. The largest absolute Gasteiger partial charge is 0.339 e. The molecule has 0 atom stereocenters. The van der Waals surface area contributed by atoms with Crippen LogP contribution in [-0.2, 0) is 11.3 Å². The summed E-state index contributed by atoms with van der Waals surface area (Å²) in [7, 11) is 0. The molecule has 1 aliphatic heterocycles. The lowest BCUT2D eigenvalue weighted by Gasteiger charge is -2.29. The van der Waals surface area contributed by atoms with Gasteiger partial charge in [0.25, 0.3) is 0 Å². The van der Waals surface area contributed by atoms with Crippen LogP contribution in [0.3, 0.4) is 0 Å². The predicted octanol–water partition coefficient (Wildman–Crippen LogP) is 3.59. The van der Waals surface area contributed by atoms with Gasteiger partial charge in [0.05, 0.1) is 12.2 Å². The van der Waals surface area contributed by atoms with Crippen molar-refractivity contribution in [3.05, 3.63) is 57.9 Å². The van der Waals surface area contributed by atoms with Crippen LogP contribution in [0.2, 0.25) is 5.02 Å². The quantitative estimate of drug-likeness (QED) is 0.785. The maximum absolute atomic E-state index is 12.4. The lowest BCUT2D eigenvalue weighted by atomic mass is 10.1. The maximum Gasteiger partial charge on any atom is 0.246 e. The number of halogens is 2. The highest BCUT2D eigenvalue weighted by atomic mass is 35.5. The summed E-state index contributed by atoms with van der Waals surface area (Å²) in [5.74, 6) is 0.0366. The van der Waals surface area contributed by atoms with Gasteiger partial charge in [0.2, 0.25) is 5.91 Å². The van der Waals surface area contributed by atoms with Crippen molar-refractivity contribution in [1.29, 1.82) is 0 Å². The topological polar surface area (TPSA) is 64.2 Å². The number of aromatic nitrogens is 2. The van der Waals surface area contributed by atoms with Crippen molar-refractivity contribution < 1.29 is 4.79 Å². The van der Waals surface area contributed by atoms with Gasteiger partial charge < -0.3 is 10.6 Å². The Bertz CT molecular complexity index is 823. The minimum Gasteiger partial charge on any atom is -0.339 e. The Kier molecular flexibility index (Phi) is 7.48. The average molecular weight is 409 g/mol. The fourth-order valence-electron chi connectivity index (χ4n) is 3.27. The normalized spacial score (nSPS) is 15.2. The number of piperidine rings is 1. The van der Waals surface area contributed by atoms with Crippen LogP contribution in [0, 0.1) is 13.8 Å². The second-order valence-corrected chi connectivity index (χ2v) is 7.24. The van der Waals surface area contributed by atoms with Crippen molar-refractivity contribution in [2.45, 2.75) is 39.3 Å². The standard InChI is InChI=1S/C20H25ClN4O.ClH/c1-14-18(7-8-20(26)24-11-9-17(22)10-12-24)15(2)25(23-14)13-16-5-3-4-6-19(16)21;/h3-8,17H,9-13,22H2,1-2H3;1H. The van der Waals surface area contributed by atoms with Gasteiger partial charge in [-0.1, -0.05) is 29.8 Å². The lowest BCUT2D eigenvalue weighted by molar-refractivity contribution is -0.126. The SMILES string of the molecule is Cc1nn(Cc2ccccc2Cl)c(C)c1C=CC(=O)N1CCC(N)CC1.Cl. The van der Waals surface area contributed by atoms with Gasteiger partial charge in [-0.3, -0.25) is 9.48 Å². The van der Waals surface area contributed by atoms with E-state index in [0.717, 1.165) is 53.5 Å². The highest BCUT2D eigenvalue weighted by molar-refractivity contribution is 6.31. The van der Waals surface area contributed by atoms with Gasteiger partial charge in [-0.25, -0.2) is 0 Å². The van der Waals surface area contributed by atoms with Crippen LogP contribution >= 0.6 is 24.0 Å². The van der Waals surface area contributed by atoms with Crippen molar-refractivity contribution in [2.24, 2.45) is 5.73 Å². The van der Waals surface area contributed by atoms with E-state index in [2.05, 4.69) is 5.10 Å². The molecule has 1 fully saturated rings. The minimum atomic E-state index is 0. The molecule has 1 aromatic heterocycles. The smallest absolute Gasteiger partial charge is 0.246 e. The molecule has 3 rings (SSSR count). The molecule has 2 aromatic rings. The van der Waals surface area contributed by atoms with Gasteiger partial charge in [-0.05, 0) is 44.4 Å². The van der Waals surface area contributed by atoms with Gasteiger partial charge in [0.15, 0.2) is 0 Å². The van der Waals surface area contributed by atoms with Crippen LogP contribution in [0.25, 0.3) is 6.08 Å². The van der Waals surface area contributed by atoms with E-state index in [1.807, 2.05) is 53.8 Å². The van der Waals surface area contributed by atoms with E-state index >= 15 is 0 Å². The first-order valence-corrected chi connectivity index (χ1v) is 9.33. The van der Waals surface area contributed by atoms with Crippen molar-refractivity contribution in [3.8, 4) is 0 Å². The summed E-state index contributed by atoms with van der Waals surface area (Å²) in [6.07, 6.45) is 5.26. The second kappa shape index (κ2) is 9.40. The van der Waals surface area contributed by atoms with E-state index in [9.17, 15) is 4.79 Å². The van der Waals surface area contributed by atoms with Crippen LogP contribution < -0.4 is 5.73 Å². The Balaban J connectivity index is 0.00000261. The van der Waals surface area contributed by atoms with Crippen molar-refractivity contribution in [1.82, 2.24) is 14.7 Å². The van der Waals surface area contributed by atoms with Crippen molar-refractivity contribution in [2.75, 3.05) is 13.1 Å². The third-order valence-electron chi connectivity index (χ3n) is 4.96. The molecule has 2 N–H and O–H groups in total. The summed E-state index contributed by atoms with van der Waals surface area (Å²) in [5.41, 5.74) is 9.83. The van der Waals surface area contributed by atoms with E-state index in [4.69, 9.17) is 17.3 Å². The summed E-state index contributed by atoms with van der Waals surface area (Å²) in [5, 5.41) is 5.34. The number of hydrogen-bond acceptors (Lipinski definition) is 3. The zero-order valence-corrected chi connectivity index (χ0v) is 17.3. The maximum atomic E-state index is 12.4. The van der Waals surface area contributed by atoms with E-state index in [-0.39, 0.29) is 24.4 Å². The van der Waals surface area contributed by atoms with Crippen molar-refractivity contribution in [3.63, 3.8) is 0 Å². The minimum absolute atomic E-state index is 0. The number of hydrogen-bond donors (Lipinski definition) is 1. The molecule has 0 aliphatic carbocycles. The van der Waals surface area contributed by atoms with Crippen LogP contribution in [0.5, 0.6) is 0 Å². The molecule has 27 heavy (non-hydrogen) atoms. The predicted molar refractivity (Wildman–Crippen MR) is 112 cm³/mol. The number of aryl methyl sites for hydroxylation is 1. The van der Waals surface area contributed by atoms with Gasteiger partial charge in [-0.2, -0.15) is 5.10 Å². The molecule has 0 radical (unpaired) electrons. The summed E-state index contributed by atoms with van der Waals surface area (Å²) in [6.45, 7) is 6.04. The number of carbonyl (C=O) groups excluding carboxylic acids is 1. The third-order valence-corrected chi connectivity index (χ3v) is 5.33. The Morgan fingerprint density at radius 1 is 1.30 bits per heavy atom. The Morgan fingerprint density at radius 3 is 2.63 bits per heavy atom. The van der Waals surface area contributed by atoms with Crippen LogP contribution in [0.1, 0.15) is 35.4 Å². The molecule has 2 heterocycles. The van der Waals surface area contributed by atoms with E-state index in [1.165, 1.54) is 0 Å². The third kappa shape index (κ3) is 5.12. The molecule has 5 nitrogen and oxygen atoms in total. The first-order valence-electron chi connectivity index (χ1n) is 8.95.